The number of aromatic nitrogens is 2. The molecule has 4 rings (SSSR count). The summed E-state index contributed by atoms with van der Waals surface area (Å²) in [6, 6.07) is 18.6. The highest BCUT2D eigenvalue weighted by atomic mass is 16.5. The van der Waals surface area contributed by atoms with Crippen LogP contribution in [0.1, 0.15) is 24.0 Å². The largest absolute Gasteiger partial charge is 0.388 e. The van der Waals surface area contributed by atoms with Crippen LogP contribution in [0.5, 0.6) is 0 Å². The van der Waals surface area contributed by atoms with Crippen LogP contribution in [0, 0.1) is 6.92 Å². The van der Waals surface area contributed by atoms with Gasteiger partial charge in [0.25, 0.3) is 0 Å². The van der Waals surface area contributed by atoms with Crippen LogP contribution in [0.15, 0.2) is 60.8 Å². The van der Waals surface area contributed by atoms with Crippen LogP contribution >= 0.6 is 0 Å². The fourth-order valence-corrected chi connectivity index (χ4v) is 3.56. The fourth-order valence-electron chi connectivity index (χ4n) is 3.56. The Labute approximate surface area is 166 Å². The van der Waals surface area contributed by atoms with Crippen molar-refractivity contribution in [2.24, 2.45) is 0 Å². The molecule has 2 heterocycles. The van der Waals surface area contributed by atoms with Crippen LogP contribution in [0.2, 0.25) is 0 Å². The van der Waals surface area contributed by atoms with E-state index in [1.54, 1.807) is 0 Å². The molecule has 0 spiro atoms. The molecule has 1 aromatic heterocycles. The first-order chi connectivity index (χ1) is 13.6. The Morgan fingerprint density at radius 3 is 2.50 bits per heavy atom. The molecule has 3 aromatic rings. The third-order valence-electron chi connectivity index (χ3n) is 5.33. The van der Waals surface area contributed by atoms with Crippen molar-refractivity contribution in [1.29, 1.82) is 0 Å². The van der Waals surface area contributed by atoms with Crippen molar-refractivity contribution in [3.63, 3.8) is 0 Å². The number of rotatable bonds is 6. The molecule has 0 aliphatic carbocycles. The quantitative estimate of drug-likeness (QED) is 0.691. The summed E-state index contributed by atoms with van der Waals surface area (Å²) in [4.78, 5) is 0. The van der Waals surface area contributed by atoms with Crippen molar-refractivity contribution < 1.29 is 9.84 Å². The molecule has 5 nitrogen and oxygen atoms in total. The van der Waals surface area contributed by atoms with Crippen LogP contribution in [0.4, 0.5) is 0 Å². The maximum absolute atomic E-state index is 10.7. The van der Waals surface area contributed by atoms with Gasteiger partial charge in [0, 0.05) is 56.5 Å². The number of nitrogens with one attached hydrogen (secondary N) is 1. The minimum absolute atomic E-state index is 0.556. The van der Waals surface area contributed by atoms with Gasteiger partial charge in [-0.05, 0) is 19.1 Å². The lowest BCUT2D eigenvalue weighted by atomic mass is 9.94. The van der Waals surface area contributed by atoms with Crippen LogP contribution in [0.25, 0.3) is 16.9 Å². The second-order valence-corrected chi connectivity index (χ2v) is 7.59. The van der Waals surface area contributed by atoms with Gasteiger partial charge < -0.3 is 15.2 Å². The van der Waals surface area contributed by atoms with Gasteiger partial charge in [-0.15, -0.1) is 0 Å². The highest BCUT2D eigenvalue weighted by Crippen LogP contribution is 2.25. The first kappa shape index (κ1) is 18.9. The minimum Gasteiger partial charge on any atom is -0.388 e. The van der Waals surface area contributed by atoms with E-state index >= 15 is 0 Å². The molecule has 0 saturated carbocycles. The molecule has 2 aromatic carbocycles. The number of benzene rings is 2. The second-order valence-electron chi connectivity index (χ2n) is 7.59. The summed E-state index contributed by atoms with van der Waals surface area (Å²) in [5.41, 5.74) is 4.76. The van der Waals surface area contributed by atoms with Crippen LogP contribution in [0.3, 0.4) is 0 Å². The van der Waals surface area contributed by atoms with E-state index < -0.39 is 5.60 Å². The van der Waals surface area contributed by atoms with Gasteiger partial charge in [0.05, 0.1) is 17.0 Å². The van der Waals surface area contributed by atoms with E-state index in [0.29, 0.717) is 39.1 Å². The van der Waals surface area contributed by atoms with E-state index in [1.807, 2.05) is 35.0 Å². The van der Waals surface area contributed by atoms with Crippen LogP contribution in [-0.4, -0.2) is 40.2 Å². The number of hydrogen-bond donors (Lipinski definition) is 2. The maximum Gasteiger partial charge on any atom is 0.0972 e. The molecule has 0 amide bonds. The maximum atomic E-state index is 10.7. The Bertz CT molecular complexity index is 897. The summed E-state index contributed by atoms with van der Waals surface area (Å²) in [6.45, 7) is 4.54. The van der Waals surface area contributed by atoms with E-state index in [4.69, 9.17) is 9.84 Å². The number of ether oxygens (including phenoxy) is 1. The molecule has 1 saturated heterocycles. The van der Waals surface area contributed by atoms with E-state index in [2.05, 4.69) is 42.7 Å². The van der Waals surface area contributed by atoms with Gasteiger partial charge in [-0.1, -0.05) is 48.0 Å². The van der Waals surface area contributed by atoms with Gasteiger partial charge in [0.2, 0.25) is 0 Å². The molecule has 0 atom stereocenters. The molecule has 2 N–H and O–H groups in total. The lowest BCUT2D eigenvalue weighted by molar-refractivity contribution is -0.0616. The van der Waals surface area contributed by atoms with Crippen molar-refractivity contribution in [3.05, 3.63) is 71.9 Å². The lowest BCUT2D eigenvalue weighted by Crippen LogP contribution is -2.44. The normalized spacial score (nSPS) is 16.2. The van der Waals surface area contributed by atoms with Gasteiger partial charge in [-0.2, -0.15) is 5.10 Å². The molecule has 5 heteroatoms. The number of para-hydroxylation sites is 1. The van der Waals surface area contributed by atoms with E-state index in [0.717, 1.165) is 22.5 Å². The smallest absolute Gasteiger partial charge is 0.0972 e. The van der Waals surface area contributed by atoms with Crippen molar-refractivity contribution >= 4 is 0 Å². The molecule has 0 bridgehead atoms. The molecule has 1 fully saturated rings. The first-order valence-electron chi connectivity index (χ1n) is 9.85. The third kappa shape index (κ3) is 4.33. The summed E-state index contributed by atoms with van der Waals surface area (Å²) >= 11 is 0. The van der Waals surface area contributed by atoms with Gasteiger partial charge >= 0.3 is 0 Å². The van der Waals surface area contributed by atoms with E-state index in [9.17, 15) is 5.11 Å². The summed E-state index contributed by atoms with van der Waals surface area (Å²) in [5, 5.41) is 19.0. The number of aryl methyl sites for hydroxylation is 1. The lowest BCUT2D eigenvalue weighted by Gasteiger charge is -2.32. The second kappa shape index (κ2) is 8.27. The SMILES string of the molecule is Cc1ccc(-c2nn(-c3ccccc3)cc2CNCC2(O)CCOCC2)cc1. The average molecular weight is 377 g/mol. The molecular formula is C23H27N3O2. The average Bonchev–Trinajstić information content (AvgIpc) is 3.14. The van der Waals surface area contributed by atoms with Crippen molar-refractivity contribution in [1.82, 2.24) is 15.1 Å². The number of hydrogen-bond acceptors (Lipinski definition) is 4. The predicted octanol–water partition coefficient (Wildman–Crippen LogP) is 3.48. The zero-order valence-electron chi connectivity index (χ0n) is 16.3. The van der Waals surface area contributed by atoms with Gasteiger partial charge in [-0.3, -0.25) is 0 Å². The van der Waals surface area contributed by atoms with E-state index in [1.165, 1.54) is 5.56 Å². The minimum atomic E-state index is -0.683. The molecule has 0 radical (unpaired) electrons. The van der Waals surface area contributed by atoms with E-state index in [-0.39, 0.29) is 0 Å². The van der Waals surface area contributed by atoms with Gasteiger partial charge in [-0.25, -0.2) is 4.68 Å². The number of nitrogens with zero attached hydrogens (tertiary/aromatic N) is 2. The molecule has 28 heavy (non-hydrogen) atoms. The monoisotopic (exact) mass is 377 g/mol. The summed E-state index contributed by atoms with van der Waals surface area (Å²) < 4.78 is 7.29. The fraction of sp³-hybridized carbons (Fsp3) is 0.348. The Morgan fingerprint density at radius 2 is 1.79 bits per heavy atom. The predicted molar refractivity (Wildman–Crippen MR) is 110 cm³/mol. The molecular weight excluding hydrogens is 350 g/mol. The van der Waals surface area contributed by atoms with Crippen molar-refractivity contribution in [2.45, 2.75) is 31.9 Å². The molecule has 0 unspecified atom stereocenters. The highest BCUT2D eigenvalue weighted by molar-refractivity contribution is 5.63. The third-order valence-corrected chi connectivity index (χ3v) is 5.33. The topological polar surface area (TPSA) is 59.3 Å². The summed E-state index contributed by atoms with van der Waals surface area (Å²) in [5.74, 6) is 0. The van der Waals surface area contributed by atoms with Crippen LogP contribution in [-0.2, 0) is 11.3 Å². The van der Waals surface area contributed by atoms with Crippen molar-refractivity contribution in [3.8, 4) is 16.9 Å². The van der Waals surface area contributed by atoms with Crippen molar-refractivity contribution in [2.75, 3.05) is 19.8 Å². The Balaban J connectivity index is 1.57. The molecule has 1 aliphatic heterocycles. The Hall–Kier alpha value is -2.47. The molecule has 1 aliphatic rings. The van der Waals surface area contributed by atoms with Gasteiger partial charge in [0.1, 0.15) is 0 Å². The summed E-state index contributed by atoms with van der Waals surface area (Å²) in [6.07, 6.45) is 3.42. The molecule has 146 valence electrons. The standard InChI is InChI=1S/C23H27N3O2/c1-18-7-9-19(10-8-18)22-20(15-24-17-23(27)11-13-28-14-12-23)16-26(25-22)21-5-3-2-4-6-21/h2-10,16,24,27H,11-15,17H2,1H3. The Morgan fingerprint density at radius 1 is 1.07 bits per heavy atom. The number of aliphatic hydroxyl groups is 1. The Kier molecular flexibility index (Phi) is 5.57. The first-order valence-corrected chi connectivity index (χ1v) is 9.85. The zero-order valence-corrected chi connectivity index (χ0v) is 16.3. The zero-order chi connectivity index (χ0) is 19.4. The van der Waals surface area contributed by atoms with Gasteiger partial charge in [0.15, 0.2) is 0 Å². The highest BCUT2D eigenvalue weighted by Gasteiger charge is 2.29. The van der Waals surface area contributed by atoms with Crippen LogP contribution < -0.4 is 5.32 Å². The summed E-state index contributed by atoms with van der Waals surface area (Å²) in [7, 11) is 0.